The topological polar surface area (TPSA) is 58.2 Å². The fourth-order valence-corrected chi connectivity index (χ4v) is 2.91. The molecular weight excluding hydrogens is 315 g/mol. The van der Waals surface area contributed by atoms with Gasteiger partial charge in [0.15, 0.2) is 0 Å². The second-order valence-electron chi connectivity index (χ2n) is 5.33. The molecule has 4 nitrogen and oxygen atoms in total. The quantitative estimate of drug-likeness (QED) is 0.826. The van der Waals surface area contributed by atoms with Crippen LogP contribution in [0.2, 0.25) is 0 Å². The Bertz CT molecular complexity index is 721. The minimum absolute atomic E-state index is 0.151. The van der Waals surface area contributed by atoms with Gasteiger partial charge < -0.3 is 10.6 Å². The summed E-state index contributed by atoms with van der Waals surface area (Å²) < 4.78 is 13.4. The van der Waals surface area contributed by atoms with E-state index in [-0.39, 0.29) is 23.9 Å². The molecule has 0 radical (unpaired) electrons. The molecule has 0 bridgehead atoms. The Balaban J connectivity index is 1.79. The van der Waals surface area contributed by atoms with Crippen LogP contribution >= 0.6 is 11.3 Å². The highest BCUT2D eigenvalue weighted by molar-refractivity contribution is 7.14. The zero-order valence-electron chi connectivity index (χ0n) is 13.3. The minimum atomic E-state index is -0.408. The highest BCUT2D eigenvalue weighted by Crippen LogP contribution is 2.20. The molecule has 0 fully saturated rings. The number of carbonyl (C=O) groups is 2. The minimum Gasteiger partial charge on any atom is -0.350 e. The molecule has 0 saturated heterocycles. The van der Waals surface area contributed by atoms with Gasteiger partial charge in [-0.25, -0.2) is 4.39 Å². The predicted molar refractivity (Wildman–Crippen MR) is 89.6 cm³/mol. The second-order valence-corrected chi connectivity index (χ2v) is 6.58. The van der Waals surface area contributed by atoms with Crippen molar-refractivity contribution in [3.63, 3.8) is 0 Å². The molecule has 122 valence electrons. The molecule has 0 unspecified atom stereocenters. The molecule has 6 heteroatoms. The number of aryl methyl sites for hydroxylation is 3. The fourth-order valence-electron chi connectivity index (χ4n) is 1.96. The van der Waals surface area contributed by atoms with Gasteiger partial charge in [-0.1, -0.05) is 6.07 Å². The van der Waals surface area contributed by atoms with Crippen LogP contribution in [0.15, 0.2) is 24.3 Å². The van der Waals surface area contributed by atoms with Gasteiger partial charge in [0.05, 0.1) is 4.88 Å². The van der Waals surface area contributed by atoms with Crippen molar-refractivity contribution in [2.24, 2.45) is 0 Å². The summed E-state index contributed by atoms with van der Waals surface area (Å²) >= 11 is 1.45. The summed E-state index contributed by atoms with van der Waals surface area (Å²) in [6.45, 7) is 6.17. The highest BCUT2D eigenvalue weighted by Gasteiger charge is 2.11. The maximum Gasteiger partial charge on any atom is 0.261 e. The Morgan fingerprint density at radius 1 is 1.00 bits per heavy atom. The molecule has 0 spiro atoms. The zero-order chi connectivity index (χ0) is 17.0. The average molecular weight is 334 g/mol. The van der Waals surface area contributed by atoms with E-state index < -0.39 is 5.82 Å². The Morgan fingerprint density at radius 3 is 2.22 bits per heavy atom. The Hall–Kier alpha value is -2.21. The van der Waals surface area contributed by atoms with Gasteiger partial charge in [0.2, 0.25) is 0 Å². The molecule has 0 saturated carbocycles. The molecule has 1 heterocycles. The third-order valence-electron chi connectivity index (χ3n) is 3.52. The number of halogens is 1. The summed E-state index contributed by atoms with van der Waals surface area (Å²) in [5, 5.41) is 5.40. The Morgan fingerprint density at radius 2 is 1.65 bits per heavy atom. The monoisotopic (exact) mass is 334 g/mol. The first-order valence-electron chi connectivity index (χ1n) is 7.28. The van der Waals surface area contributed by atoms with Crippen molar-refractivity contribution in [3.05, 3.63) is 56.5 Å². The average Bonchev–Trinajstić information content (AvgIpc) is 2.85. The summed E-state index contributed by atoms with van der Waals surface area (Å²) in [6, 6.07) is 6.19. The van der Waals surface area contributed by atoms with E-state index in [1.54, 1.807) is 19.1 Å². The lowest BCUT2D eigenvalue weighted by atomic mass is 10.1. The van der Waals surface area contributed by atoms with E-state index in [1.807, 2.05) is 19.9 Å². The van der Waals surface area contributed by atoms with Crippen LogP contribution in [0.3, 0.4) is 0 Å². The fraction of sp³-hybridized carbons (Fsp3) is 0.294. The van der Waals surface area contributed by atoms with E-state index in [9.17, 15) is 14.0 Å². The van der Waals surface area contributed by atoms with Crippen molar-refractivity contribution in [1.29, 1.82) is 0 Å². The number of nitrogens with one attached hydrogen (secondary N) is 2. The molecule has 0 atom stereocenters. The number of thiophene rings is 1. The van der Waals surface area contributed by atoms with Crippen molar-refractivity contribution in [1.82, 2.24) is 10.6 Å². The number of hydrogen-bond donors (Lipinski definition) is 2. The summed E-state index contributed by atoms with van der Waals surface area (Å²) in [5.41, 5.74) is 1.86. The summed E-state index contributed by atoms with van der Waals surface area (Å²) in [4.78, 5) is 25.6. The molecular formula is C17H19FN2O2S. The molecule has 2 N–H and O–H groups in total. The standard InChI is InChI=1S/C17H19FN2O2S/c1-10-4-5-13(9-14(10)18)16(21)19-6-7-20-17(22)15-8-11(2)12(3)23-15/h4-5,8-9H,6-7H2,1-3H3,(H,19,21)(H,20,22). The number of hydrogen-bond acceptors (Lipinski definition) is 3. The van der Waals surface area contributed by atoms with Gasteiger partial charge in [-0.05, 0) is 50.1 Å². The van der Waals surface area contributed by atoms with Gasteiger partial charge >= 0.3 is 0 Å². The third-order valence-corrected chi connectivity index (χ3v) is 4.67. The molecule has 1 aromatic heterocycles. The molecule has 0 aliphatic rings. The van der Waals surface area contributed by atoms with Gasteiger partial charge in [-0.3, -0.25) is 9.59 Å². The van der Waals surface area contributed by atoms with Crippen LogP contribution in [0.25, 0.3) is 0 Å². The lowest BCUT2D eigenvalue weighted by Crippen LogP contribution is -2.34. The van der Waals surface area contributed by atoms with Crippen LogP contribution in [0.1, 0.15) is 36.0 Å². The van der Waals surface area contributed by atoms with E-state index in [0.717, 1.165) is 10.4 Å². The highest BCUT2D eigenvalue weighted by atomic mass is 32.1. The summed E-state index contributed by atoms with van der Waals surface area (Å²) in [5.74, 6) is -0.919. The lowest BCUT2D eigenvalue weighted by molar-refractivity contribution is 0.0929. The van der Waals surface area contributed by atoms with Gasteiger partial charge in [-0.15, -0.1) is 11.3 Å². The smallest absolute Gasteiger partial charge is 0.261 e. The van der Waals surface area contributed by atoms with E-state index in [2.05, 4.69) is 10.6 Å². The van der Waals surface area contributed by atoms with Crippen LogP contribution in [0.5, 0.6) is 0 Å². The Labute approximate surface area is 138 Å². The number of carbonyl (C=O) groups excluding carboxylic acids is 2. The maximum absolute atomic E-state index is 13.4. The molecule has 1 aromatic carbocycles. The number of amides is 2. The lowest BCUT2D eigenvalue weighted by Gasteiger charge is -2.07. The van der Waals surface area contributed by atoms with Gasteiger partial charge in [-0.2, -0.15) is 0 Å². The van der Waals surface area contributed by atoms with Crippen LogP contribution in [-0.4, -0.2) is 24.9 Å². The van der Waals surface area contributed by atoms with Crippen molar-refractivity contribution in [2.45, 2.75) is 20.8 Å². The molecule has 0 aliphatic heterocycles. The van der Waals surface area contributed by atoms with Gasteiger partial charge in [0.1, 0.15) is 5.82 Å². The largest absolute Gasteiger partial charge is 0.350 e. The van der Waals surface area contributed by atoms with Gasteiger partial charge in [0, 0.05) is 23.5 Å². The van der Waals surface area contributed by atoms with E-state index in [1.165, 1.54) is 17.4 Å². The van der Waals surface area contributed by atoms with Crippen LogP contribution in [-0.2, 0) is 0 Å². The Kier molecular flexibility index (Phi) is 5.50. The van der Waals surface area contributed by atoms with E-state index >= 15 is 0 Å². The van der Waals surface area contributed by atoms with Crippen molar-refractivity contribution >= 4 is 23.2 Å². The van der Waals surface area contributed by atoms with E-state index in [4.69, 9.17) is 0 Å². The van der Waals surface area contributed by atoms with Crippen LogP contribution in [0.4, 0.5) is 4.39 Å². The third kappa shape index (κ3) is 4.39. The summed E-state index contributed by atoms with van der Waals surface area (Å²) in [6.07, 6.45) is 0. The molecule has 23 heavy (non-hydrogen) atoms. The van der Waals surface area contributed by atoms with Crippen molar-refractivity contribution < 1.29 is 14.0 Å². The van der Waals surface area contributed by atoms with Crippen LogP contribution < -0.4 is 10.6 Å². The first kappa shape index (κ1) is 17.1. The maximum atomic E-state index is 13.4. The predicted octanol–water partition coefficient (Wildman–Crippen LogP) is 2.97. The van der Waals surface area contributed by atoms with Crippen molar-refractivity contribution in [2.75, 3.05) is 13.1 Å². The molecule has 2 rings (SSSR count). The molecule has 2 aromatic rings. The molecule has 0 aliphatic carbocycles. The first-order valence-corrected chi connectivity index (χ1v) is 8.09. The van der Waals surface area contributed by atoms with Crippen molar-refractivity contribution in [3.8, 4) is 0 Å². The normalized spacial score (nSPS) is 10.4. The van der Waals surface area contributed by atoms with E-state index in [0.29, 0.717) is 17.0 Å². The zero-order valence-corrected chi connectivity index (χ0v) is 14.1. The van der Waals surface area contributed by atoms with Crippen LogP contribution in [0, 0.1) is 26.6 Å². The summed E-state index contributed by atoms with van der Waals surface area (Å²) in [7, 11) is 0. The SMILES string of the molecule is Cc1ccc(C(=O)NCCNC(=O)c2cc(C)c(C)s2)cc1F. The first-order chi connectivity index (χ1) is 10.9. The second kappa shape index (κ2) is 7.37. The van der Waals surface area contributed by atoms with Gasteiger partial charge in [0.25, 0.3) is 11.8 Å². The molecule has 2 amide bonds. The number of benzene rings is 1. The number of rotatable bonds is 5.